The van der Waals surface area contributed by atoms with Gasteiger partial charge >= 0.3 is 0 Å². The van der Waals surface area contributed by atoms with Gasteiger partial charge in [-0.1, -0.05) is 58.8 Å². The molecule has 0 fully saturated rings. The van der Waals surface area contributed by atoms with Crippen molar-refractivity contribution in [3.63, 3.8) is 0 Å². The summed E-state index contributed by atoms with van der Waals surface area (Å²) in [5.41, 5.74) is 0. The van der Waals surface area contributed by atoms with E-state index in [1.54, 1.807) is 0 Å². The van der Waals surface area contributed by atoms with Gasteiger partial charge in [0.05, 0.1) is 0 Å². The van der Waals surface area contributed by atoms with E-state index in [1.165, 1.54) is 51.4 Å². The molecule has 0 saturated carbocycles. The van der Waals surface area contributed by atoms with Crippen molar-refractivity contribution < 1.29 is 0 Å². The lowest BCUT2D eigenvalue weighted by atomic mass is 9.96. The zero-order chi connectivity index (χ0) is 11.5. The van der Waals surface area contributed by atoms with Crippen LogP contribution < -0.4 is 5.32 Å². The Hall–Kier alpha value is -0.0400. The van der Waals surface area contributed by atoms with Crippen molar-refractivity contribution in [3.05, 3.63) is 0 Å². The minimum atomic E-state index is 0.671. The van der Waals surface area contributed by atoms with Crippen LogP contribution in [0.15, 0.2) is 0 Å². The SMILES string of the molecule is CCCCCCCCCC(C)C(C)NC. The van der Waals surface area contributed by atoms with E-state index in [0.717, 1.165) is 5.92 Å². The molecule has 0 amide bonds. The van der Waals surface area contributed by atoms with E-state index in [9.17, 15) is 0 Å². The van der Waals surface area contributed by atoms with Crippen molar-refractivity contribution in [1.29, 1.82) is 0 Å². The molecular formula is C14H31N. The molecule has 2 unspecified atom stereocenters. The second-order valence-corrected chi connectivity index (χ2v) is 4.96. The molecule has 0 radical (unpaired) electrons. The molecule has 0 aliphatic heterocycles. The zero-order valence-corrected chi connectivity index (χ0v) is 11.3. The normalized spacial score (nSPS) is 15.2. The zero-order valence-electron chi connectivity index (χ0n) is 11.3. The highest BCUT2D eigenvalue weighted by atomic mass is 14.9. The Kier molecular flexibility index (Phi) is 10.4. The van der Waals surface area contributed by atoms with Crippen LogP contribution >= 0.6 is 0 Å². The van der Waals surface area contributed by atoms with Crippen LogP contribution in [0.2, 0.25) is 0 Å². The summed E-state index contributed by atoms with van der Waals surface area (Å²) in [7, 11) is 2.06. The van der Waals surface area contributed by atoms with Crippen LogP contribution in [-0.2, 0) is 0 Å². The quantitative estimate of drug-likeness (QED) is 0.531. The summed E-state index contributed by atoms with van der Waals surface area (Å²) in [4.78, 5) is 0. The topological polar surface area (TPSA) is 12.0 Å². The van der Waals surface area contributed by atoms with E-state index >= 15 is 0 Å². The number of nitrogens with one attached hydrogen (secondary N) is 1. The van der Waals surface area contributed by atoms with Crippen molar-refractivity contribution in [2.45, 2.75) is 78.2 Å². The third-order valence-corrected chi connectivity index (χ3v) is 3.57. The van der Waals surface area contributed by atoms with Crippen LogP contribution in [0.1, 0.15) is 72.1 Å². The fourth-order valence-electron chi connectivity index (χ4n) is 1.96. The summed E-state index contributed by atoms with van der Waals surface area (Å²) in [6.45, 7) is 6.92. The molecular weight excluding hydrogens is 182 g/mol. The van der Waals surface area contributed by atoms with Gasteiger partial charge in [0.15, 0.2) is 0 Å². The maximum Gasteiger partial charge on any atom is 0.00613 e. The first-order valence-corrected chi connectivity index (χ1v) is 6.89. The Morgan fingerprint density at radius 2 is 1.40 bits per heavy atom. The van der Waals surface area contributed by atoms with E-state index in [0.29, 0.717) is 6.04 Å². The molecule has 0 rings (SSSR count). The molecule has 2 atom stereocenters. The minimum absolute atomic E-state index is 0.671. The Labute approximate surface area is 97.0 Å². The number of rotatable bonds is 10. The third-order valence-electron chi connectivity index (χ3n) is 3.57. The third kappa shape index (κ3) is 8.92. The Morgan fingerprint density at radius 1 is 0.867 bits per heavy atom. The largest absolute Gasteiger partial charge is 0.317 e. The predicted octanol–water partition coefficient (Wildman–Crippen LogP) is 4.37. The predicted molar refractivity (Wildman–Crippen MR) is 70.3 cm³/mol. The smallest absolute Gasteiger partial charge is 0.00613 e. The first-order chi connectivity index (χ1) is 7.22. The molecule has 0 heterocycles. The summed E-state index contributed by atoms with van der Waals surface area (Å²) < 4.78 is 0. The lowest BCUT2D eigenvalue weighted by Gasteiger charge is -2.18. The molecule has 0 aromatic rings. The number of hydrogen-bond acceptors (Lipinski definition) is 1. The van der Waals surface area contributed by atoms with Crippen LogP contribution in [0.5, 0.6) is 0 Å². The first-order valence-electron chi connectivity index (χ1n) is 6.89. The van der Waals surface area contributed by atoms with E-state index in [-0.39, 0.29) is 0 Å². The van der Waals surface area contributed by atoms with Crippen molar-refractivity contribution in [2.24, 2.45) is 5.92 Å². The van der Waals surface area contributed by atoms with Gasteiger partial charge < -0.3 is 5.32 Å². The fourth-order valence-corrected chi connectivity index (χ4v) is 1.96. The monoisotopic (exact) mass is 213 g/mol. The molecule has 0 aromatic heterocycles. The average molecular weight is 213 g/mol. The summed E-state index contributed by atoms with van der Waals surface area (Å²) in [5.74, 6) is 0.825. The molecule has 1 N–H and O–H groups in total. The maximum absolute atomic E-state index is 3.33. The van der Waals surface area contributed by atoms with Gasteiger partial charge in [-0.15, -0.1) is 0 Å². The Morgan fingerprint density at radius 3 is 1.93 bits per heavy atom. The molecule has 0 spiro atoms. The van der Waals surface area contributed by atoms with Gasteiger partial charge in [0.25, 0.3) is 0 Å². The van der Waals surface area contributed by atoms with E-state index in [2.05, 4.69) is 33.1 Å². The van der Waals surface area contributed by atoms with E-state index < -0.39 is 0 Å². The first kappa shape index (κ1) is 15.0. The molecule has 1 nitrogen and oxygen atoms in total. The fraction of sp³-hybridized carbons (Fsp3) is 1.00. The number of hydrogen-bond donors (Lipinski definition) is 1. The summed E-state index contributed by atoms with van der Waals surface area (Å²) >= 11 is 0. The minimum Gasteiger partial charge on any atom is -0.317 e. The van der Waals surface area contributed by atoms with Crippen molar-refractivity contribution in [1.82, 2.24) is 5.32 Å². The highest BCUT2D eigenvalue weighted by molar-refractivity contribution is 4.65. The van der Waals surface area contributed by atoms with Gasteiger partial charge in [0, 0.05) is 6.04 Å². The summed E-state index contributed by atoms with van der Waals surface area (Å²) in [6.07, 6.45) is 11.4. The maximum atomic E-state index is 3.33. The summed E-state index contributed by atoms with van der Waals surface area (Å²) in [5, 5.41) is 3.33. The second-order valence-electron chi connectivity index (χ2n) is 4.96. The number of unbranched alkanes of at least 4 members (excludes halogenated alkanes) is 6. The Bertz CT molecular complexity index is 123. The lowest BCUT2D eigenvalue weighted by molar-refractivity contribution is 0.383. The van der Waals surface area contributed by atoms with Crippen molar-refractivity contribution in [2.75, 3.05) is 7.05 Å². The molecule has 0 saturated heterocycles. The molecule has 0 bridgehead atoms. The van der Waals surface area contributed by atoms with Crippen LogP contribution in [-0.4, -0.2) is 13.1 Å². The summed E-state index contributed by atoms with van der Waals surface area (Å²) in [6, 6.07) is 0.671. The van der Waals surface area contributed by atoms with Gasteiger partial charge in [-0.05, 0) is 26.3 Å². The second kappa shape index (κ2) is 10.5. The van der Waals surface area contributed by atoms with Crippen molar-refractivity contribution in [3.8, 4) is 0 Å². The van der Waals surface area contributed by atoms with E-state index in [4.69, 9.17) is 0 Å². The molecule has 0 aliphatic carbocycles. The van der Waals surface area contributed by atoms with Crippen LogP contribution in [0.25, 0.3) is 0 Å². The van der Waals surface area contributed by atoms with Crippen LogP contribution in [0.4, 0.5) is 0 Å². The van der Waals surface area contributed by atoms with Crippen LogP contribution in [0.3, 0.4) is 0 Å². The highest BCUT2D eigenvalue weighted by Crippen LogP contribution is 2.14. The van der Waals surface area contributed by atoms with Gasteiger partial charge in [0.1, 0.15) is 0 Å². The lowest BCUT2D eigenvalue weighted by Crippen LogP contribution is -2.28. The van der Waals surface area contributed by atoms with Gasteiger partial charge in [0.2, 0.25) is 0 Å². The Balaban J connectivity index is 3.16. The van der Waals surface area contributed by atoms with Crippen molar-refractivity contribution >= 4 is 0 Å². The van der Waals surface area contributed by atoms with Gasteiger partial charge in [-0.25, -0.2) is 0 Å². The highest BCUT2D eigenvalue weighted by Gasteiger charge is 2.08. The molecule has 0 aliphatic rings. The van der Waals surface area contributed by atoms with Gasteiger partial charge in [-0.2, -0.15) is 0 Å². The average Bonchev–Trinajstić information content (AvgIpc) is 2.26. The molecule has 1 heteroatoms. The van der Waals surface area contributed by atoms with Gasteiger partial charge in [-0.3, -0.25) is 0 Å². The molecule has 92 valence electrons. The standard InChI is InChI=1S/C14H31N/c1-5-6-7-8-9-10-11-12-13(2)14(3)15-4/h13-15H,5-12H2,1-4H3. The molecule has 15 heavy (non-hydrogen) atoms. The van der Waals surface area contributed by atoms with Crippen LogP contribution in [0, 0.1) is 5.92 Å². The van der Waals surface area contributed by atoms with E-state index in [1.807, 2.05) is 0 Å². The molecule has 0 aromatic carbocycles.